The molecule has 0 aromatic heterocycles. The standard InChI is InChI=1S/C13H9ClF3N/c14-10-6-8(15)2-3-9(10)13(18)7-1-4-11(16)12(17)5-7/h1-6,13H,18H2. The Kier molecular flexibility index (Phi) is 3.59. The Hall–Kier alpha value is -1.52. The largest absolute Gasteiger partial charge is 0.320 e. The Morgan fingerprint density at radius 3 is 2.28 bits per heavy atom. The predicted molar refractivity (Wildman–Crippen MR) is 63.8 cm³/mol. The van der Waals surface area contributed by atoms with Crippen molar-refractivity contribution in [1.82, 2.24) is 0 Å². The SMILES string of the molecule is NC(c1ccc(F)c(F)c1)c1ccc(F)cc1Cl. The van der Waals surface area contributed by atoms with Crippen molar-refractivity contribution >= 4 is 11.6 Å². The van der Waals surface area contributed by atoms with Crippen LogP contribution in [0.4, 0.5) is 13.2 Å². The van der Waals surface area contributed by atoms with Crippen LogP contribution in [0.2, 0.25) is 5.02 Å². The summed E-state index contributed by atoms with van der Waals surface area (Å²) in [6, 6.07) is 6.36. The molecule has 1 nitrogen and oxygen atoms in total. The van der Waals surface area contributed by atoms with Gasteiger partial charge in [-0.25, -0.2) is 13.2 Å². The fourth-order valence-electron chi connectivity index (χ4n) is 1.64. The molecule has 0 radical (unpaired) electrons. The van der Waals surface area contributed by atoms with Gasteiger partial charge < -0.3 is 5.73 Å². The van der Waals surface area contributed by atoms with Crippen molar-refractivity contribution in [2.24, 2.45) is 5.73 Å². The first-order chi connectivity index (χ1) is 8.49. The van der Waals surface area contributed by atoms with Crippen molar-refractivity contribution in [1.29, 1.82) is 0 Å². The maximum atomic E-state index is 13.1. The molecule has 2 rings (SSSR count). The molecule has 0 spiro atoms. The van der Waals surface area contributed by atoms with Crippen molar-refractivity contribution in [3.63, 3.8) is 0 Å². The van der Waals surface area contributed by atoms with E-state index in [2.05, 4.69) is 0 Å². The minimum atomic E-state index is -0.985. The summed E-state index contributed by atoms with van der Waals surface area (Å²) in [5.74, 6) is -2.42. The zero-order valence-corrected chi connectivity index (χ0v) is 9.89. The summed E-state index contributed by atoms with van der Waals surface area (Å²) in [6.07, 6.45) is 0. The van der Waals surface area contributed by atoms with Gasteiger partial charge in [0.2, 0.25) is 0 Å². The van der Waals surface area contributed by atoms with E-state index in [1.165, 1.54) is 18.2 Å². The summed E-state index contributed by atoms with van der Waals surface area (Å²) >= 11 is 5.86. The Morgan fingerprint density at radius 2 is 1.67 bits per heavy atom. The second-order valence-corrected chi connectivity index (χ2v) is 4.22. The van der Waals surface area contributed by atoms with Gasteiger partial charge in [0.15, 0.2) is 11.6 Å². The number of nitrogens with two attached hydrogens (primary N) is 1. The van der Waals surface area contributed by atoms with Gasteiger partial charge in [-0.3, -0.25) is 0 Å². The van der Waals surface area contributed by atoms with Gasteiger partial charge in [0.1, 0.15) is 5.82 Å². The molecule has 18 heavy (non-hydrogen) atoms. The van der Waals surface area contributed by atoms with Crippen LogP contribution in [0.25, 0.3) is 0 Å². The molecule has 0 aliphatic rings. The van der Waals surface area contributed by atoms with Gasteiger partial charge in [-0.1, -0.05) is 23.7 Å². The van der Waals surface area contributed by atoms with E-state index in [0.717, 1.165) is 18.2 Å². The first-order valence-corrected chi connectivity index (χ1v) is 5.52. The minimum absolute atomic E-state index is 0.146. The minimum Gasteiger partial charge on any atom is -0.320 e. The summed E-state index contributed by atoms with van der Waals surface area (Å²) < 4.78 is 38.8. The van der Waals surface area contributed by atoms with Crippen LogP contribution in [0, 0.1) is 17.5 Å². The van der Waals surface area contributed by atoms with Gasteiger partial charge in [0.05, 0.1) is 6.04 Å². The number of benzene rings is 2. The number of rotatable bonds is 2. The second-order valence-electron chi connectivity index (χ2n) is 3.82. The van der Waals surface area contributed by atoms with E-state index < -0.39 is 23.5 Å². The molecule has 94 valence electrons. The molecular formula is C13H9ClF3N. The molecule has 2 N–H and O–H groups in total. The van der Waals surface area contributed by atoms with Gasteiger partial charge in [-0.15, -0.1) is 0 Å². The Balaban J connectivity index is 2.41. The molecular weight excluding hydrogens is 263 g/mol. The lowest BCUT2D eigenvalue weighted by Gasteiger charge is -2.14. The lowest BCUT2D eigenvalue weighted by Crippen LogP contribution is -2.13. The average molecular weight is 272 g/mol. The quantitative estimate of drug-likeness (QED) is 0.883. The first-order valence-electron chi connectivity index (χ1n) is 5.14. The van der Waals surface area contributed by atoms with Gasteiger partial charge in [-0.05, 0) is 35.4 Å². The van der Waals surface area contributed by atoms with Crippen LogP contribution in [0.5, 0.6) is 0 Å². The van der Waals surface area contributed by atoms with Crippen molar-refractivity contribution in [2.45, 2.75) is 6.04 Å². The molecule has 0 heterocycles. The molecule has 0 saturated carbocycles. The van der Waals surface area contributed by atoms with Crippen molar-refractivity contribution < 1.29 is 13.2 Å². The summed E-state index contributed by atoms with van der Waals surface area (Å²) in [7, 11) is 0. The molecule has 0 fully saturated rings. The van der Waals surface area contributed by atoms with Crippen molar-refractivity contribution in [3.8, 4) is 0 Å². The van der Waals surface area contributed by atoms with E-state index in [-0.39, 0.29) is 5.02 Å². The summed E-state index contributed by atoms with van der Waals surface area (Å²) in [5.41, 5.74) is 6.70. The van der Waals surface area contributed by atoms with Crippen LogP contribution in [0.3, 0.4) is 0 Å². The lowest BCUT2D eigenvalue weighted by atomic mass is 9.99. The molecule has 5 heteroatoms. The number of hydrogen-bond donors (Lipinski definition) is 1. The van der Waals surface area contributed by atoms with Crippen LogP contribution >= 0.6 is 11.6 Å². The second kappa shape index (κ2) is 5.00. The zero-order chi connectivity index (χ0) is 13.3. The van der Waals surface area contributed by atoms with E-state index >= 15 is 0 Å². The highest BCUT2D eigenvalue weighted by molar-refractivity contribution is 6.31. The topological polar surface area (TPSA) is 26.0 Å². The van der Waals surface area contributed by atoms with Crippen LogP contribution in [-0.2, 0) is 0 Å². The van der Waals surface area contributed by atoms with E-state index in [1.54, 1.807) is 0 Å². The number of halogens is 4. The molecule has 2 aromatic carbocycles. The highest BCUT2D eigenvalue weighted by Crippen LogP contribution is 2.27. The Bertz CT molecular complexity index is 586. The summed E-state index contributed by atoms with van der Waals surface area (Å²) in [4.78, 5) is 0. The average Bonchev–Trinajstić information content (AvgIpc) is 2.32. The van der Waals surface area contributed by atoms with E-state index in [4.69, 9.17) is 17.3 Å². The Morgan fingerprint density at radius 1 is 0.944 bits per heavy atom. The number of hydrogen-bond acceptors (Lipinski definition) is 1. The van der Waals surface area contributed by atoms with Crippen LogP contribution in [0.1, 0.15) is 17.2 Å². The van der Waals surface area contributed by atoms with E-state index in [1.807, 2.05) is 0 Å². The molecule has 1 atom stereocenters. The van der Waals surface area contributed by atoms with Gasteiger partial charge >= 0.3 is 0 Å². The fourth-order valence-corrected chi connectivity index (χ4v) is 1.92. The van der Waals surface area contributed by atoms with Crippen LogP contribution in [-0.4, -0.2) is 0 Å². The van der Waals surface area contributed by atoms with Gasteiger partial charge in [-0.2, -0.15) is 0 Å². The van der Waals surface area contributed by atoms with Crippen LogP contribution in [0.15, 0.2) is 36.4 Å². The molecule has 1 unspecified atom stereocenters. The predicted octanol–water partition coefficient (Wildman–Crippen LogP) is 3.81. The van der Waals surface area contributed by atoms with E-state index in [9.17, 15) is 13.2 Å². The summed E-state index contributed by atoms with van der Waals surface area (Å²) in [5, 5.41) is 0.146. The zero-order valence-electron chi connectivity index (χ0n) is 9.13. The van der Waals surface area contributed by atoms with Gasteiger partial charge in [0.25, 0.3) is 0 Å². The third kappa shape index (κ3) is 2.49. The van der Waals surface area contributed by atoms with Crippen molar-refractivity contribution in [2.75, 3.05) is 0 Å². The highest BCUT2D eigenvalue weighted by atomic mass is 35.5. The maximum absolute atomic E-state index is 13.1. The lowest BCUT2D eigenvalue weighted by molar-refractivity contribution is 0.506. The summed E-state index contributed by atoms with van der Waals surface area (Å²) in [6.45, 7) is 0. The normalized spacial score (nSPS) is 12.5. The molecule has 2 aromatic rings. The first kappa shape index (κ1) is 12.9. The fraction of sp³-hybridized carbons (Fsp3) is 0.0769. The third-order valence-corrected chi connectivity index (χ3v) is 2.93. The van der Waals surface area contributed by atoms with Gasteiger partial charge in [0, 0.05) is 5.02 Å². The molecule has 0 saturated heterocycles. The molecule has 0 aliphatic heterocycles. The smallest absolute Gasteiger partial charge is 0.159 e. The van der Waals surface area contributed by atoms with Crippen LogP contribution < -0.4 is 5.73 Å². The molecule has 0 aliphatic carbocycles. The molecule has 0 bridgehead atoms. The molecule has 0 amide bonds. The van der Waals surface area contributed by atoms with E-state index in [0.29, 0.717) is 11.1 Å². The maximum Gasteiger partial charge on any atom is 0.159 e. The third-order valence-electron chi connectivity index (χ3n) is 2.60. The monoisotopic (exact) mass is 271 g/mol. The highest BCUT2D eigenvalue weighted by Gasteiger charge is 2.15. The Labute approximate surface area is 107 Å². The van der Waals surface area contributed by atoms with Crippen molar-refractivity contribution in [3.05, 3.63) is 70.0 Å².